The van der Waals surface area contributed by atoms with E-state index >= 15 is 0 Å². The molecule has 0 saturated carbocycles. The van der Waals surface area contributed by atoms with Gasteiger partial charge in [-0.15, -0.1) is 10.2 Å². The van der Waals surface area contributed by atoms with E-state index in [2.05, 4.69) is 15.5 Å². The van der Waals surface area contributed by atoms with E-state index in [1.54, 1.807) is 35.2 Å². The number of carbonyl (C=O) groups excluding carboxylic acids is 2. The highest BCUT2D eigenvalue weighted by molar-refractivity contribution is 8.00. The molecule has 1 amide bonds. The fourth-order valence-corrected chi connectivity index (χ4v) is 2.86. The monoisotopic (exact) mass is 332 g/mol. The predicted molar refractivity (Wildman–Crippen MR) is 90.6 cm³/mol. The normalized spacial score (nSPS) is 12.0. The van der Waals surface area contributed by atoms with Gasteiger partial charge in [-0.05, 0) is 37.6 Å². The number of aromatic nitrogens is 3. The maximum Gasteiger partial charge on any atom is 0.224 e. The van der Waals surface area contributed by atoms with E-state index in [0.29, 0.717) is 22.8 Å². The van der Waals surface area contributed by atoms with E-state index < -0.39 is 0 Å². The SMILES string of the molecule is CCCC(=O)Nc1ccc(C(=O)[C@@H](C)Sc2nncn2C)cc1. The number of thioether (sulfide) groups is 1. The first-order valence-electron chi connectivity index (χ1n) is 7.46. The molecule has 1 aromatic heterocycles. The third-order valence-electron chi connectivity index (χ3n) is 3.25. The molecule has 1 heterocycles. The Balaban J connectivity index is 1.99. The first-order chi connectivity index (χ1) is 11.0. The summed E-state index contributed by atoms with van der Waals surface area (Å²) in [4.78, 5) is 24.0. The number of carbonyl (C=O) groups is 2. The summed E-state index contributed by atoms with van der Waals surface area (Å²) in [6.07, 6.45) is 2.90. The van der Waals surface area contributed by atoms with Crippen molar-refractivity contribution < 1.29 is 9.59 Å². The summed E-state index contributed by atoms with van der Waals surface area (Å²) in [5.74, 6) is 0.00205. The van der Waals surface area contributed by atoms with Crippen molar-refractivity contribution in [2.24, 2.45) is 7.05 Å². The summed E-state index contributed by atoms with van der Waals surface area (Å²) in [5.41, 5.74) is 1.31. The zero-order valence-corrected chi connectivity index (χ0v) is 14.3. The van der Waals surface area contributed by atoms with E-state index in [0.717, 1.165) is 6.42 Å². The van der Waals surface area contributed by atoms with Crippen molar-refractivity contribution in [1.29, 1.82) is 0 Å². The zero-order valence-electron chi connectivity index (χ0n) is 13.4. The fraction of sp³-hybridized carbons (Fsp3) is 0.375. The number of aryl methyl sites for hydroxylation is 1. The Bertz CT molecular complexity index is 682. The van der Waals surface area contributed by atoms with E-state index in [9.17, 15) is 9.59 Å². The summed E-state index contributed by atoms with van der Waals surface area (Å²) < 4.78 is 1.78. The molecule has 0 spiro atoms. The van der Waals surface area contributed by atoms with Crippen LogP contribution in [0.15, 0.2) is 35.7 Å². The van der Waals surface area contributed by atoms with Crippen molar-refractivity contribution in [3.63, 3.8) is 0 Å². The third kappa shape index (κ3) is 4.66. The Morgan fingerprint density at radius 1 is 1.30 bits per heavy atom. The molecule has 0 bridgehead atoms. The summed E-state index contributed by atoms with van der Waals surface area (Å²) in [5, 5.41) is 11.0. The number of amides is 1. The first-order valence-corrected chi connectivity index (χ1v) is 8.34. The molecule has 0 saturated heterocycles. The molecule has 2 aromatic rings. The smallest absolute Gasteiger partial charge is 0.224 e. The van der Waals surface area contributed by atoms with Crippen LogP contribution in [-0.4, -0.2) is 31.7 Å². The Morgan fingerprint density at radius 3 is 2.57 bits per heavy atom. The Kier molecular flexibility index (Phi) is 5.92. The molecular formula is C16H20N4O2S. The number of nitrogens with zero attached hydrogens (tertiary/aromatic N) is 3. The van der Waals surface area contributed by atoms with Crippen LogP contribution in [0.1, 0.15) is 37.0 Å². The van der Waals surface area contributed by atoms with Gasteiger partial charge >= 0.3 is 0 Å². The number of ketones is 1. The minimum absolute atomic E-state index is 0.0159. The van der Waals surface area contributed by atoms with Crippen LogP contribution < -0.4 is 5.32 Å². The average Bonchev–Trinajstić information content (AvgIpc) is 2.92. The van der Waals surface area contributed by atoms with Crippen molar-refractivity contribution >= 4 is 29.1 Å². The van der Waals surface area contributed by atoms with Crippen LogP contribution in [-0.2, 0) is 11.8 Å². The lowest BCUT2D eigenvalue weighted by Gasteiger charge is -2.10. The molecule has 0 radical (unpaired) electrons. The van der Waals surface area contributed by atoms with Crippen molar-refractivity contribution in [2.45, 2.75) is 37.1 Å². The highest BCUT2D eigenvalue weighted by atomic mass is 32.2. The lowest BCUT2D eigenvalue weighted by molar-refractivity contribution is -0.116. The molecule has 0 fully saturated rings. The van der Waals surface area contributed by atoms with Gasteiger partial charge in [-0.25, -0.2) is 0 Å². The van der Waals surface area contributed by atoms with Crippen LogP contribution in [0.4, 0.5) is 5.69 Å². The van der Waals surface area contributed by atoms with Crippen LogP contribution in [0.25, 0.3) is 0 Å². The summed E-state index contributed by atoms with van der Waals surface area (Å²) in [7, 11) is 1.84. The van der Waals surface area contributed by atoms with Gasteiger partial charge < -0.3 is 9.88 Å². The number of hydrogen-bond donors (Lipinski definition) is 1. The molecule has 6 nitrogen and oxygen atoms in total. The molecular weight excluding hydrogens is 312 g/mol. The molecule has 0 unspecified atom stereocenters. The van der Waals surface area contributed by atoms with Gasteiger partial charge in [-0.3, -0.25) is 9.59 Å². The van der Waals surface area contributed by atoms with Gasteiger partial charge in [0.15, 0.2) is 10.9 Å². The summed E-state index contributed by atoms with van der Waals surface area (Å²) in [6, 6.07) is 6.97. The van der Waals surface area contributed by atoms with Gasteiger partial charge in [0.05, 0.1) is 5.25 Å². The number of Topliss-reactive ketones (excluding diaryl/α,β-unsaturated/α-hetero) is 1. The highest BCUT2D eigenvalue weighted by Gasteiger charge is 2.18. The maximum absolute atomic E-state index is 12.5. The number of anilines is 1. The second-order valence-electron chi connectivity index (χ2n) is 5.22. The molecule has 1 N–H and O–H groups in total. The molecule has 122 valence electrons. The maximum atomic E-state index is 12.5. The zero-order chi connectivity index (χ0) is 16.8. The van der Waals surface area contributed by atoms with Crippen LogP contribution in [0.3, 0.4) is 0 Å². The number of benzene rings is 1. The topological polar surface area (TPSA) is 76.9 Å². The molecule has 0 aliphatic carbocycles. The summed E-state index contributed by atoms with van der Waals surface area (Å²) in [6.45, 7) is 3.80. The average molecular weight is 332 g/mol. The third-order valence-corrected chi connectivity index (χ3v) is 4.40. The lowest BCUT2D eigenvalue weighted by Crippen LogP contribution is -2.15. The minimum Gasteiger partial charge on any atom is -0.326 e. The van der Waals surface area contributed by atoms with E-state index in [4.69, 9.17) is 0 Å². The van der Waals surface area contributed by atoms with Crippen molar-refractivity contribution in [2.75, 3.05) is 5.32 Å². The first kappa shape index (κ1) is 17.2. The van der Waals surface area contributed by atoms with E-state index in [-0.39, 0.29) is 16.9 Å². The minimum atomic E-state index is -0.265. The van der Waals surface area contributed by atoms with Crippen LogP contribution in [0.5, 0.6) is 0 Å². The van der Waals surface area contributed by atoms with E-state index in [1.807, 2.05) is 20.9 Å². The van der Waals surface area contributed by atoms with Gasteiger partial charge in [0.25, 0.3) is 0 Å². The second-order valence-corrected chi connectivity index (χ2v) is 6.53. The molecule has 23 heavy (non-hydrogen) atoms. The standard InChI is InChI=1S/C16H20N4O2S/c1-4-5-14(21)18-13-8-6-12(7-9-13)15(22)11(2)23-16-19-17-10-20(16)3/h6-11H,4-5H2,1-3H3,(H,18,21)/t11-/m1/s1. The highest BCUT2D eigenvalue weighted by Crippen LogP contribution is 2.23. The largest absolute Gasteiger partial charge is 0.326 e. The number of rotatable bonds is 7. The van der Waals surface area contributed by atoms with Crippen molar-refractivity contribution in [3.8, 4) is 0 Å². The lowest BCUT2D eigenvalue weighted by atomic mass is 10.1. The van der Waals surface area contributed by atoms with Crippen molar-refractivity contribution in [1.82, 2.24) is 14.8 Å². The van der Waals surface area contributed by atoms with Crippen LogP contribution >= 0.6 is 11.8 Å². The summed E-state index contributed by atoms with van der Waals surface area (Å²) >= 11 is 1.37. The van der Waals surface area contributed by atoms with E-state index in [1.165, 1.54) is 11.8 Å². The van der Waals surface area contributed by atoms with Gasteiger partial charge in [0, 0.05) is 24.7 Å². The van der Waals surface area contributed by atoms with Gasteiger partial charge in [0.2, 0.25) is 5.91 Å². The number of nitrogens with one attached hydrogen (secondary N) is 1. The second kappa shape index (κ2) is 7.92. The Hall–Kier alpha value is -2.15. The van der Waals surface area contributed by atoms with Crippen LogP contribution in [0.2, 0.25) is 0 Å². The predicted octanol–water partition coefficient (Wildman–Crippen LogP) is 2.92. The molecule has 2 rings (SSSR count). The molecule has 0 aliphatic heterocycles. The fourth-order valence-electron chi connectivity index (χ4n) is 1.99. The van der Waals surface area contributed by atoms with Gasteiger partial charge in [0.1, 0.15) is 6.33 Å². The van der Waals surface area contributed by atoms with Crippen LogP contribution in [0, 0.1) is 0 Å². The van der Waals surface area contributed by atoms with Gasteiger partial charge in [-0.1, -0.05) is 18.7 Å². The van der Waals surface area contributed by atoms with Gasteiger partial charge in [-0.2, -0.15) is 0 Å². The Morgan fingerprint density at radius 2 is 2.00 bits per heavy atom. The molecule has 1 atom stereocenters. The molecule has 1 aromatic carbocycles. The Labute approximate surface area is 139 Å². The quantitative estimate of drug-likeness (QED) is 0.623. The molecule has 0 aliphatic rings. The van der Waals surface area contributed by atoms with Crippen molar-refractivity contribution in [3.05, 3.63) is 36.2 Å². The number of hydrogen-bond acceptors (Lipinski definition) is 5. The molecule has 7 heteroatoms.